The lowest BCUT2D eigenvalue weighted by atomic mass is 10.1. The molecule has 0 aromatic heterocycles. The highest BCUT2D eigenvalue weighted by molar-refractivity contribution is 6.17. The molecule has 1 aromatic rings. The van der Waals surface area contributed by atoms with E-state index in [1.165, 1.54) is 6.08 Å². The topological polar surface area (TPSA) is 88.1 Å². The van der Waals surface area contributed by atoms with Crippen molar-refractivity contribution >= 4 is 17.5 Å². The smallest absolute Gasteiger partial charge is 0.277 e. The van der Waals surface area contributed by atoms with Crippen LogP contribution in [0.15, 0.2) is 36.0 Å². The summed E-state index contributed by atoms with van der Waals surface area (Å²) in [7, 11) is 0. The van der Waals surface area contributed by atoms with Crippen molar-refractivity contribution in [2.75, 3.05) is 31.7 Å². The summed E-state index contributed by atoms with van der Waals surface area (Å²) >= 11 is 0. The third-order valence-electron chi connectivity index (χ3n) is 3.84. The predicted octanol–water partition coefficient (Wildman–Crippen LogP) is 0.563. The third-order valence-corrected chi connectivity index (χ3v) is 3.84. The first-order valence-corrected chi connectivity index (χ1v) is 7.37. The monoisotopic (exact) mass is 318 g/mol. The number of aliphatic hydroxyl groups is 1. The van der Waals surface area contributed by atoms with E-state index in [-0.39, 0.29) is 18.8 Å². The van der Waals surface area contributed by atoms with Gasteiger partial charge >= 0.3 is 0 Å². The molecule has 1 saturated heterocycles. The van der Waals surface area contributed by atoms with Crippen LogP contribution in [0.25, 0.3) is 0 Å². The van der Waals surface area contributed by atoms with Gasteiger partial charge in [-0.15, -0.1) is 0 Å². The number of amides is 2. The summed E-state index contributed by atoms with van der Waals surface area (Å²) in [6, 6.07) is 7.31. The van der Waals surface area contributed by atoms with Gasteiger partial charge in [-0.2, -0.15) is 0 Å². The zero-order valence-electron chi connectivity index (χ0n) is 12.7. The Labute approximate surface area is 133 Å². The van der Waals surface area contributed by atoms with E-state index >= 15 is 0 Å². The van der Waals surface area contributed by atoms with Crippen LogP contribution in [0.3, 0.4) is 0 Å². The molecule has 0 radical (unpaired) electrons. The molecule has 0 aliphatic carbocycles. The number of imide groups is 1. The third kappa shape index (κ3) is 2.98. The Balaban J connectivity index is 1.78. The second-order valence-corrected chi connectivity index (χ2v) is 5.43. The summed E-state index contributed by atoms with van der Waals surface area (Å²) in [5, 5.41) is 11.9. The van der Waals surface area contributed by atoms with E-state index in [0.717, 1.165) is 10.5 Å². The van der Waals surface area contributed by atoms with Crippen LogP contribution in [-0.2, 0) is 24.8 Å². The van der Waals surface area contributed by atoms with Gasteiger partial charge in [-0.05, 0) is 19.1 Å². The number of β-amino-alcohol motifs (C(OH)–C–C–N with tert-alkyl or cyclic N) is 1. The molecule has 2 aliphatic rings. The molecule has 7 nitrogen and oxygen atoms in total. The standard InChI is InChI=1S/C16H18N2O5/c1-16(22-7-8-23-16)11-3-2-4-12(9-11)17-13-10-14(20)18(5-6-19)15(13)21/h2-4,9-10,17,19H,5-8H2,1H3. The minimum absolute atomic E-state index is 0.0147. The van der Waals surface area contributed by atoms with Crippen molar-refractivity contribution in [3.05, 3.63) is 41.6 Å². The highest BCUT2D eigenvalue weighted by Gasteiger charge is 2.34. The van der Waals surface area contributed by atoms with Crippen LogP contribution in [0.4, 0.5) is 5.69 Å². The number of rotatable bonds is 5. The maximum Gasteiger partial charge on any atom is 0.277 e. The summed E-state index contributed by atoms with van der Waals surface area (Å²) in [6.45, 7) is 2.62. The van der Waals surface area contributed by atoms with E-state index in [2.05, 4.69) is 5.32 Å². The van der Waals surface area contributed by atoms with E-state index in [9.17, 15) is 9.59 Å². The number of hydrogen-bond donors (Lipinski definition) is 2. The fourth-order valence-electron chi connectivity index (χ4n) is 2.63. The molecular weight excluding hydrogens is 300 g/mol. The number of benzene rings is 1. The van der Waals surface area contributed by atoms with E-state index in [0.29, 0.717) is 18.9 Å². The van der Waals surface area contributed by atoms with Crippen LogP contribution >= 0.6 is 0 Å². The molecule has 1 aromatic carbocycles. The van der Waals surface area contributed by atoms with Crippen LogP contribution < -0.4 is 5.32 Å². The van der Waals surface area contributed by atoms with Crippen molar-refractivity contribution in [1.29, 1.82) is 0 Å². The number of aliphatic hydroxyl groups excluding tert-OH is 1. The Bertz CT molecular complexity index is 664. The van der Waals surface area contributed by atoms with Crippen molar-refractivity contribution in [3.63, 3.8) is 0 Å². The minimum Gasteiger partial charge on any atom is -0.395 e. The first-order chi connectivity index (χ1) is 11.0. The lowest BCUT2D eigenvalue weighted by Gasteiger charge is -2.23. The Morgan fingerprint density at radius 1 is 1.30 bits per heavy atom. The Morgan fingerprint density at radius 3 is 2.74 bits per heavy atom. The Morgan fingerprint density at radius 2 is 2.04 bits per heavy atom. The number of hydrogen-bond acceptors (Lipinski definition) is 6. The normalized spacial score (nSPS) is 20.1. The zero-order chi connectivity index (χ0) is 16.4. The molecule has 122 valence electrons. The van der Waals surface area contributed by atoms with E-state index in [4.69, 9.17) is 14.6 Å². The van der Waals surface area contributed by atoms with E-state index in [1.54, 1.807) is 6.07 Å². The quantitative estimate of drug-likeness (QED) is 0.772. The molecule has 0 unspecified atom stereocenters. The molecule has 2 N–H and O–H groups in total. The first-order valence-electron chi connectivity index (χ1n) is 7.37. The molecule has 2 heterocycles. The number of carbonyl (C=O) groups is 2. The summed E-state index contributed by atoms with van der Waals surface area (Å²) in [5.41, 5.74) is 1.66. The van der Waals surface area contributed by atoms with Gasteiger partial charge in [0.1, 0.15) is 5.70 Å². The molecule has 7 heteroatoms. The molecule has 0 atom stereocenters. The highest BCUT2D eigenvalue weighted by Crippen LogP contribution is 2.32. The Kier molecular flexibility index (Phi) is 4.16. The van der Waals surface area contributed by atoms with Gasteiger partial charge in [-0.1, -0.05) is 12.1 Å². The van der Waals surface area contributed by atoms with Crippen molar-refractivity contribution in [1.82, 2.24) is 4.90 Å². The Hall–Kier alpha value is -2.22. The van der Waals surface area contributed by atoms with Crippen LogP contribution in [-0.4, -0.2) is 48.2 Å². The molecule has 1 fully saturated rings. The molecule has 0 spiro atoms. The number of carbonyl (C=O) groups excluding carboxylic acids is 2. The fourth-order valence-corrected chi connectivity index (χ4v) is 2.63. The van der Waals surface area contributed by atoms with Gasteiger partial charge < -0.3 is 19.9 Å². The van der Waals surface area contributed by atoms with Gasteiger partial charge in [0.15, 0.2) is 5.79 Å². The van der Waals surface area contributed by atoms with Crippen LogP contribution in [0.5, 0.6) is 0 Å². The van der Waals surface area contributed by atoms with Gasteiger partial charge in [-0.3, -0.25) is 14.5 Å². The number of nitrogens with zero attached hydrogens (tertiary/aromatic N) is 1. The lowest BCUT2D eigenvalue weighted by molar-refractivity contribution is -0.149. The van der Waals surface area contributed by atoms with Crippen molar-refractivity contribution in [3.8, 4) is 0 Å². The van der Waals surface area contributed by atoms with Gasteiger partial charge in [-0.25, -0.2) is 0 Å². The van der Waals surface area contributed by atoms with Gasteiger partial charge in [0.25, 0.3) is 11.8 Å². The highest BCUT2D eigenvalue weighted by atomic mass is 16.7. The molecular formula is C16H18N2O5. The summed E-state index contributed by atoms with van der Waals surface area (Å²) in [4.78, 5) is 24.9. The van der Waals surface area contributed by atoms with Gasteiger partial charge in [0.05, 0.1) is 26.4 Å². The number of anilines is 1. The average Bonchev–Trinajstić information content (AvgIpc) is 3.09. The minimum atomic E-state index is -0.801. The van der Waals surface area contributed by atoms with Crippen LogP contribution in [0.2, 0.25) is 0 Å². The van der Waals surface area contributed by atoms with Crippen LogP contribution in [0, 0.1) is 0 Å². The molecule has 0 bridgehead atoms. The lowest BCUT2D eigenvalue weighted by Crippen LogP contribution is -2.34. The summed E-state index contributed by atoms with van der Waals surface area (Å²) in [5.74, 6) is -1.68. The number of ether oxygens (including phenoxy) is 2. The fraction of sp³-hybridized carbons (Fsp3) is 0.375. The van der Waals surface area contributed by atoms with Crippen molar-refractivity contribution < 1.29 is 24.2 Å². The average molecular weight is 318 g/mol. The van der Waals surface area contributed by atoms with E-state index in [1.807, 2.05) is 25.1 Å². The number of nitrogens with one attached hydrogen (secondary N) is 1. The van der Waals surface area contributed by atoms with Crippen molar-refractivity contribution in [2.24, 2.45) is 0 Å². The van der Waals surface area contributed by atoms with Crippen molar-refractivity contribution in [2.45, 2.75) is 12.7 Å². The molecule has 2 amide bonds. The zero-order valence-corrected chi connectivity index (χ0v) is 12.7. The molecule has 23 heavy (non-hydrogen) atoms. The summed E-state index contributed by atoms with van der Waals surface area (Å²) < 4.78 is 11.2. The molecule has 3 rings (SSSR count). The van der Waals surface area contributed by atoms with E-state index < -0.39 is 17.6 Å². The second-order valence-electron chi connectivity index (χ2n) is 5.43. The van der Waals surface area contributed by atoms with Gasteiger partial charge in [0, 0.05) is 17.3 Å². The molecule has 2 aliphatic heterocycles. The first kappa shape index (κ1) is 15.7. The maximum atomic E-state index is 12.1. The predicted molar refractivity (Wildman–Crippen MR) is 81.2 cm³/mol. The maximum absolute atomic E-state index is 12.1. The summed E-state index contributed by atoms with van der Waals surface area (Å²) in [6.07, 6.45) is 1.23. The largest absolute Gasteiger partial charge is 0.395 e. The molecule has 0 saturated carbocycles. The van der Waals surface area contributed by atoms with Gasteiger partial charge in [0.2, 0.25) is 0 Å². The van der Waals surface area contributed by atoms with Crippen LogP contribution in [0.1, 0.15) is 12.5 Å². The second kappa shape index (κ2) is 6.11. The SMILES string of the molecule is CC1(c2cccc(NC3=CC(=O)N(CCO)C3=O)c2)OCCO1.